The molecule has 4 rings (SSSR count). The predicted molar refractivity (Wildman–Crippen MR) is 158 cm³/mol. The van der Waals surface area contributed by atoms with Gasteiger partial charge in [0.25, 0.3) is 0 Å². The number of carbonyl (C=O) groups is 2. The highest BCUT2D eigenvalue weighted by atomic mass is 16.6. The number of rotatable bonds is 4. The van der Waals surface area contributed by atoms with Crippen LogP contribution in [0.15, 0.2) is 42.6 Å². The van der Waals surface area contributed by atoms with Gasteiger partial charge < -0.3 is 20.3 Å². The van der Waals surface area contributed by atoms with Gasteiger partial charge in [0.15, 0.2) is 5.65 Å². The Bertz CT molecular complexity index is 1350. The highest BCUT2D eigenvalue weighted by Crippen LogP contribution is 2.26. The number of fused-ring (bicyclic) bond motifs is 1. The maximum absolute atomic E-state index is 12.7. The van der Waals surface area contributed by atoms with Crippen LogP contribution in [0.5, 0.6) is 0 Å². The van der Waals surface area contributed by atoms with E-state index >= 15 is 0 Å². The van der Waals surface area contributed by atoms with Crippen LogP contribution in [0.1, 0.15) is 55.4 Å². The molecule has 1 aliphatic rings. The molecule has 11 heteroatoms. The molecule has 1 aromatic carbocycles. The fraction of sp³-hybridized carbons (Fsp3) is 0.483. The molecule has 3 amide bonds. The maximum atomic E-state index is 12.7. The fourth-order valence-electron chi connectivity index (χ4n) is 4.62. The minimum Gasteiger partial charge on any atom is -0.444 e. The quantitative estimate of drug-likeness (QED) is 0.389. The van der Waals surface area contributed by atoms with Gasteiger partial charge in [-0.25, -0.2) is 19.6 Å². The lowest BCUT2D eigenvalue weighted by Gasteiger charge is -2.45. The molecule has 40 heavy (non-hydrogen) atoms. The highest BCUT2D eigenvalue weighted by Gasteiger charge is 2.35. The number of piperazine rings is 1. The fourth-order valence-corrected chi connectivity index (χ4v) is 4.62. The average molecular weight is 549 g/mol. The van der Waals surface area contributed by atoms with Crippen LogP contribution in [0.4, 0.5) is 32.7 Å². The Balaban J connectivity index is 1.41. The number of pyridine rings is 1. The molecule has 3 N–H and O–H groups in total. The van der Waals surface area contributed by atoms with Crippen molar-refractivity contribution in [1.82, 2.24) is 25.2 Å². The van der Waals surface area contributed by atoms with Crippen molar-refractivity contribution in [3.05, 3.63) is 42.6 Å². The molecule has 11 nitrogen and oxygen atoms in total. The Morgan fingerprint density at radius 3 is 2.17 bits per heavy atom. The first-order valence-electron chi connectivity index (χ1n) is 13.5. The zero-order valence-corrected chi connectivity index (χ0v) is 24.6. The molecular formula is C29H40N8O3. The van der Waals surface area contributed by atoms with Crippen molar-refractivity contribution in [3.63, 3.8) is 0 Å². The Morgan fingerprint density at radius 1 is 0.925 bits per heavy atom. The van der Waals surface area contributed by atoms with Crippen molar-refractivity contribution in [2.45, 2.75) is 78.6 Å². The number of anilines is 4. The summed E-state index contributed by atoms with van der Waals surface area (Å²) in [4.78, 5) is 42.5. The van der Waals surface area contributed by atoms with Crippen LogP contribution in [0.3, 0.4) is 0 Å². The van der Waals surface area contributed by atoms with Crippen LogP contribution in [-0.4, -0.2) is 68.3 Å². The van der Waals surface area contributed by atoms with E-state index in [4.69, 9.17) is 4.74 Å². The number of amides is 3. The van der Waals surface area contributed by atoms with E-state index in [1.165, 1.54) is 0 Å². The number of benzene rings is 1. The lowest BCUT2D eigenvalue weighted by molar-refractivity contribution is 0.00565. The summed E-state index contributed by atoms with van der Waals surface area (Å²) in [5, 5.41) is 9.58. The molecule has 0 spiro atoms. The number of nitrogens with zero attached hydrogens (tertiary/aromatic N) is 5. The zero-order valence-electron chi connectivity index (χ0n) is 24.6. The van der Waals surface area contributed by atoms with Crippen molar-refractivity contribution < 1.29 is 14.3 Å². The second-order valence-electron chi connectivity index (χ2n) is 12.3. The molecule has 0 bridgehead atoms. The van der Waals surface area contributed by atoms with Crippen LogP contribution >= 0.6 is 0 Å². The molecule has 214 valence electrons. The summed E-state index contributed by atoms with van der Waals surface area (Å²) in [5.41, 5.74) is 1.48. The van der Waals surface area contributed by atoms with Crippen LogP contribution in [0.2, 0.25) is 0 Å². The lowest BCUT2D eigenvalue weighted by Crippen LogP contribution is -2.59. The van der Waals surface area contributed by atoms with E-state index in [1.54, 1.807) is 12.3 Å². The first kappa shape index (κ1) is 28.8. The summed E-state index contributed by atoms with van der Waals surface area (Å²) in [6, 6.07) is 11.2. The number of nitrogens with one attached hydrogen (secondary N) is 3. The van der Waals surface area contributed by atoms with Crippen LogP contribution in [0.25, 0.3) is 11.0 Å². The third kappa shape index (κ3) is 7.49. The van der Waals surface area contributed by atoms with E-state index in [9.17, 15) is 9.59 Å². The smallest absolute Gasteiger partial charge is 0.410 e. The summed E-state index contributed by atoms with van der Waals surface area (Å²) in [6.45, 7) is 16.9. The van der Waals surface area contributed by atoms with Crippen molar-refractivity contribution >= 4 is 46.3 Å². The first-order valence-corrected chi connectivity index (χ1v) is 13.5. The predicted octanol–water partition coefficient (Wildman–Crippen LogP) is 5.52. The molecule has 3 heterocycles. The van der Waals surface area contributed by atoms with E-state index in [0.29, 0.717) is 30.5 Å². The minimum atomic E-state index is -0.525. The highest BCUT2D eigenvalue weighted by molar-refractivity contribution is 5.90. The van der Waals surface area contributed by atoms with E-state index < -0.39 is 5.60 Å². The van der Waals surface area contributed by atoms with Crippen molar-refractivity contribution in [1.29, 1.82) is 0 Å². The van der Waals surface area contributed by atoms with Crippen molar-refractivity contribution in [3.8, 4) is 0 Å². The average Bonchev–Trinajstić information content (AvgIpc) is 2.81. The Kier molecular flexibility index (Phi) is 8.04. The molecule has 0 aliphatic carbocycles. The summed E-state index contributed by atoms with van der Waals surface area (Å²) < 4.78 is 5.62. The normalized spacial score (nSPS) is 17.9. The third-order valence-corrected chi connectivity index (χ3v) is 6.19. The first-order chi connectivity index (χ1) is 18.7. The minimum absolute atomic E-state index is 0.00817. The van der Waals surface area contributed by atoms with Crippen molar-refractivity contribution in [2.75, 3.05) is 28.6 Å². The monoisotopic (exact) mass is 548 g/mol. The van der Waals surface area contributed by atoms with Gasteiger partial charge in [0.05, 0.1) is 12.1 Å². The van der Waals surface area contributed by atoms with E-state index in [2.05, 4.69) is 35.8 Å². The van der Waals surface area contributed by atoms with Crippen LogP contribution in [0, 0.1) is 0 Å². The molecule has 0 saturated carbocycles. The summed E-state index contributed by atoms with van der Waals surface area (Å²) >= 11 is 0. The van der Waals surface area contributed by atoms with E-state index in [-0.39, 0.29) is 29.7 Å². The summed E-state index contributed by atoms with van der Waals surface area (Å²) in [5.74, 6) is 0.802. The Morgan fingerprint density at radius 2 is 1.57 bits per heavy atom. The van der Waals surface area contributed by atoms with Gasteiger partial charge in [0.1, 0.15) is 11.4 Å². The van der Waals surface area contributed by atoms with Crippen LogP contribution < -0.4 is 20.9 Å². The maximum Gasteiger partial charge on any atom is 0.410 e. The topological polar surface area (TPSA) is 125 Å². The third-order valence-electron chi connectivity index (χ3n) is 6.19. The van der Waals surface area contributed by atoms with Gasteiger partial charge in [-0.05, 0) is 91.8 Å². The Hall–Kier alpha value is -4.15. The van der Waals surface area contributed by atoms with Crippen LogP contribution in [-0.2, 0) is 4.74 Å². The van der Waals surface area contributed by atoms with E-state index in [1.807, 2.05) is 90.6 Å². The largest absolute Gasteiger partial charge is 0.444 e. The lowest BCUT2D eigenvalue weighted by atomic mass is 10.1. The zero-order chi connectivity index (χ0) is 29.2. The number of aromatic nitrogens is 3. The number of urea groups is 1. The molecule has 2 atom stereocenters. The number of hydrogen-bond acceptors (Lipinski definition) is 8. The SMILES string of the molecule is C[C@@H]1CN(c2ccc(Nc3ncc4ccc(NC(=O)NC(C)(C)C)nc4n3)cc2)C[C@H](C)N1C(=O)OC(C)(C)C. The van der Waals surface area contributed by atoms with Gasteiger partial charge >= 0.3 is 12.1 Å². The van der Waals surface area contributed by atoms with Gasteiger partial charge in [0.2, 0.25) is 5.95 Å². The molecule has 3 aromatic rings. The van der Waals surface area contributed by atoms with Gasteiger partial charge in [0, 0.05) is 41.6 Å². The molecule has 1 aliphatic heterocycles. The molecule has 0 radical (unpaired) electrons. The summed E-state index contributed by atoms with van der Waals surface area (Å²) in [6.07, 6.45) is 1.42. The molecule has 1 saturated heterocycles. The van der Waals surface area contributed by atoms with Gasteiger partial charge in [-0.3, -0.25) is 10.2 Å². The standard InChI is InChI=1S/C29H40N8O3/c1-18-16-36(17-19(2)37(18)27(39)40-29(6,7)8)22-12-10-21(11-13-22)31-25-30-15-20-9-14-23(32-24(20)34-25)33-26(38)35-28(3,4)5/h9-15,18-19H,16-17H2,1-8H3,(H3,30,31,32,33,34,35,38)/t18-,19+. The summed E-state index contributed by atoms with van der Waals surface area (Å²) in [7, 11) is 0. The molecule has 2 aromatic heterocycles. The number of ether oxygens (including phenoxy) is 1. The second kappa shape index (κ2) is 11.1. The van der Waals surface area contributed by atoms with Gasteiger partial charge in [-0.15, -0.1) is 0 Å². The molecule has 1 fully saturated rings. The Labute approximate surface area is 235 Å². The second-order valence-corrected chi connectivity index (χ2v) is 12.3. The van der Waals surface area contributed by atoms with E-state index in [0.717, 1.165) is 16.8 Å². The van der Waals surface area contributed by atoms with Gasteiger partial charge in [-0.2, -0.15) is 4.98 Å². The molecule has 0 unspecified atom stereocenters. The number of carbonyl (C=O) groups excluding carboxylic acids is 2. The number of hydrogen-bond donors (Lipinski definition) is 3. The molecular weight excluding hydrogens is 508 g/mol. The van der Waals surface area contributed by atoms with Gasteiger partial charge in [-0.1, -0.05) is 0 Å². The van der Waals surface area contributed by atoms with Crippen molar-refractivity contribution in [2.24, 2.45) is 0 Å².